The van der Waals surface area contributed by atoms with E-state index in [9.17, 15) is 18.0 Å². The third-order valence-electron chi connectivity index (χ3n) is 2.36. The van der Waals surface area contributed by atoms with Gasteiger partial charge in [0, 0.05) is 6.42 Å². The van der Waals surface area contributed by atoms with E-state index in [4.69, 9.17) is 16.7 Å². The highest BCUT2D eigenvalue weighted by Gasteiger charge is 2.31. The van der Waals surface area contributed by atoms with Crippen LogP contribution in [0.3, 0.4) is 0 Å². The summed E-state index contributed by atoms with van der Waals surface area (Å²) >= 11 is 5.72. The summed E-state index contributed by atoms with van der Waals surface area (Å²) in [5.74, 6) is -0.498. The zero-order chi connectivity index (χ0) is 14.6. The van der Waals surface area contributed by atoms with E-state index in [1.54, 1.807) is 0 Å². The fourth-order valence-electron chi connectivity index (χ4n) is 1.35. The molecule has 0 heterocycles. The number of rotatable bonds is 4. The summed E-state index contributed by atoms with van der Waals surface area (Å²) in [6.45, 7) is 1.52. The SMILES string of the molecule is CC(O)CCC(=O)Nc1cc(C(F)(F)F)ccc1Cl. The molecule has 0 spiro atoms. The number of halogens is 4. The van der Waals surface area contributed by atoms with Gasteiger partial charge in [-0.05, 0) is 31.5 Å². The highest BCUT2D eigenvalue weighted by atomic mass is 35.5. The minimum absolute atomic E-state index is 0.00421. The van der Waals surface area contributed by atoms with Gasteiger partial charge < -0.3 is 10.4 Å². The molecule has 2 N–H and O–H groups in total. The monoisotopic (exact) mass is 295 g/mol. The van der Waals surface area contributed by atoms with Gasteiger partial charge in [-0.2, -0.15) is 13.2 Å². The number of amides is 1. The van der Waals surface area contributed by atoms with Crippen molar-refractivity contribution >= 4 is 23.2 Å². The van der Waals surface area contributed by atoms with Crippen LogP contribution in [-0.2, 0) is 11.0 Å². The van der Waals surface area contributed by atoms with Crippen LogP contribution in [0.4, 0.5) is 18.9 Å². The minimum atomic E-state index is -4.50. The molecule has 0 saturated heterocycles. The number of nitrogens with one attached hydrogen (secondary N) is 1. The average Bonchev–Trinajstić information content (AvgIpc) is 2.28. The predicted molar refractivity (Wildman–Crippen MR) is 66.0 cm³/mol. The number of alkyl halides is 3. The van der Waals surface area contributed by atoms with Gasteiger partial charge in [0.05, 0.1) is 22.4 Å². The molecule has 0 bridgehead atoms. The van der Waals surface area contributed by atoms with Crippen LogP contribution in [0.5, 0.6) is 0 Å². The molecule has 3 nitrogen and oxygen atoms in total. The first kappa shape index (κ1) is 15.8. The number of aliphatic hydroxyl groups is 1. The average molecular weight is 296 g/mol. The van der Waals surface area contributed by atoms with Crippen molar-refractivity contribution in [1.82, 2.24) is 0 Å². The fourth-order valence-corrected chi connectivity index (χ4v) is 1.51. The third-order valence-corrected chi connectivity index (χ3v) is 2.69. The summed E-state index contributed by atoms with van der Waals surface area (Å²) < 4.78 is 37.5. The highest BCUT2D eigenvalue weighted by Crippen LogP contribution is 2.33. The second-order valence-electron chi connectivity index (χ2n) is 4.13. The molecule has 1 amide bonds. The van der Waals surface area contributed by atoms with Crippen molar-refractivity contribution < 1.29 is 23.1 Å². The van der Waals surface area contributed by atoms with Crippen molar-refractivity contribution in [2.45, 2.75) is 32.0 Å². The van der Waals surface area contributed by atoms with Gasteiger partial charge in [0.15, 0.2) is 0 Å². The fraction of sp³-hybridized carbons (Fsp3) is 0.417. The van der Waals surface area contributed by atoms with E-state index in [1.807, 2.05) is 0 Å². The molecule has 0 aliphatic heterocycles. The van der Waals surface area contributed by atoms with Crippen molar-refractivity contribution in [3.05, 3.63) is 28.8 Å². The molecular weight excluding hydrogens is 283 g/mol. The van der Waals surface area contributed by atoms with Crippen LogP contribution < -0.4 is 5.32 Å². The molecule has 1 aromatic rings. The van der Waals surface area contributed by atoms with Crippen LogP contribution in [0, 0.1) is 0 Å². The molecule has 1 aromatic carbocycles. The van der Waals surface area contributed by atoms with Gasteiger partial charge in [-0.25, -0.2) is 0 Å². The maximum atomic E-state index is 12.5. The molecule has 1 unspecified atom stereocenters. The lowest BCUT2D eigenvalue weighted by molar-refractivity contribution is -0.137. The number of aliphatic hydroxyl groups excluding tert-OH is 1. The van der Waals surface area contributed by atoms with E-state index in [-0.39, 0.29) is 23.6 Å². The molecular formula is C12H13ClF3NO2. The molecule has 1 rings (SSSR count). The number of carbonyl (C=O) groups excluding carboxylic acids is 1. The summed E-state index contributed by atoms with van der Waals surface area (Å²) in [5.41, 5.74) is -0.977. The molecule has 19 heavy (non-hydrogen) atoms. The molecule has 0 aliphatic rings. The van der Waals surface area contributed by atoms with Gasteiger partial charge >= 0.3 is 6.18 Å². The Morgan fingerprint density at radius 2 is 2.11 bits per heavy atom. The van der Waals surface area contributed by atoms with Crippen LogP contribution in [0.15, 0.2) is 18.2 Å². The number of carbonyl (C=O) groups is 1. The van der Waals surface area contributed by atoms with Crippen molar-refractivity contribution in [1.29, 1.82) is 0 Å². The maximum absolute atomic E-state index is 12.5. The van der Waals surface area contributed by atoms with Gasteiger partial charge in [0.25, 0.3) is 0 Å². The van der Waals surface area contributed by atoms with Crippen LogP contribution in [0.1, 0.15) is 25.3 Å². The van der Waals surface area contributed by atoms with E-state index >= 15 is 0 Å². The summed E-state index contributed by atoms with van der Waals surface area (Å²) in [6.07, 6.45) is -4.92. The molecule has 1 atom stereocenters. The molecule has 0 radical (unpaired) electrons. The Morgan fingerprint density at radius 1 is 1.47 bits per heavy atom. The van der Waals surface area contributed by atoms with E-state index in [0.29, 0.717) is 0 Å². The molecule has 7 heteroatoms. The van der Waals surface area contributed by atoms with Crippen LogP contribution >= 0.6 is 11.6 Å². The van der Waals surface area contributed by atoms with Crippen molar-refractivity contribution in [3.63, 3.8) is 0 Å². The van der Waals surface area contributed by atoms with E-state index in [1.165, 1.54) is 6.92 Å². The zero-order valence-corrected chi connectivity index (χ0v) is 10.8. The van der Waals surface area contributed by atoms with E-state index < -0.39 is 23.8 Å². The lowest BCUT2D eigenvalue weighted by Crippen LogP contribution is -2.15. The Morgan fingerprint density at radius 3 is 2.63 bits per heavy atom. The summed E-state index contributed by atoms with van der Waals surface area (Å²) in [5, 5.41) is 11.3. The minimum Gasteiger partial charge on any atom is -0.393 e. The molecule has 106 valence electrons. The smallest absolute Gasteiger partial charge is 0.393 e. The number of hydrogen-bond donors (Lipinski definition) is 2. The summed E-state index contributed by atoms with van der Waals surface area (Å²) in [4.78, 5) is 11.5. The molecule has 0 aromatic heterocycles. The number of anilines is 1. The Kier molecular flexibility index (Phi) is 5.20. The van der Waals surface area contributed by atoms with Crippen molar-refractivity contribution in [2.24, 2.45) is 0 Å². The standard InChI is InChI=1S/C12H13ClF3NO2/c1-7(18)2-5-11(19)17-10-6-8(12(14,15)16)3-4-9(10)13/h3-4,6-7,18H,2,5H2,1H3,(H,17,19). The lowest BCUT2D eigenvalue weighted by Gasteiger charge is -2.12. The highest BCUT2D eigenvalue weighted by molar-refractivity contribution is 6.33. The van der Waals surface area contributed by atoms with Crippen LogP contribution in [0.2, 0.25) is 5.02 Å². The molecule has 0 saturated carbocycles. The van der Waals surface area contributed by atoms with E-state index in [0.717, 1.165) is 18.2 Å². The molecule has 0 aliphatic carbocycles. The van der Waals surface area contributed by atoms with Crippen molar-refractivity contribution in [2.75, 3.05) is 5.32 Å². The number of hydrogen-bond acceptors (Lipinski definition) is 2. The van der Waals surface area contributed by atoms with Gasteiger partial charge in [-0.3, -0.25) is 4.79 Å². The van der Waals surface area contributed by atoms with Gasteiger partial charge in [0.1, 0.15) is 0 Å². The largest absolute Gasteiger partial charge is 0.416 e. The second kappa shape index (κ2) is 6.25. The normalized spacial score (nSPS) is 13.2. The van der Waals surface area contributed by atoms with Crippen LogP contribution in [-0.4, -0.2) is 17.1 Å². The van der Waals surface area contributed by atoms with Crippen LogP contribution in [0.25, 0.3) is 0 Å². The quantitative estimate of drug-likeness (QED) is 0.894. The first-order chi connectivity index (χ1) is 8.70. The predicted octanol–water partition coefficient (Wildman–Crippen LogP) is 3.46. The number of benzene rings is 1. The first-order valence-corrected chi connectivity index (χ1v) is 5.92. The topological polar surface area (TPSA) is 49.3 Å². The Balaban J connectivity index is 2.80. The Hall–Kier alpha value is -1.27. The first-order valence-electron chi connectivity index (χ1n) is 5.55. The second-order valence-corrected chi connectivity index (χ2v) is 4.54. The summed E-state index contributed by atoms with van der Waals surface area (Å²) in [6, 6.07) is 2.70. The molecule has 0 fully saturated rings. The summed E-state index contributed by atoms with van der Waals surface area (Å²) in [7, 11) is 0. The van der Waals surface area contributed by atoms with Gasteiger partial charge in [0.2, 0.25) is 5.91 Å². The Bertz CT molecular complexity index is 461. The van der Waals surface area contributed by atoms with E-state index in [2.05, 4.69) is 5.32 Å². The van der Waals surface area contributed by atoms with Crippen molar-refractivity contribution in [3.8, 4) is 0 Å². The zero-order valence-electron chi connectivity index (χ0n) is 10.1. The lowest BCUT2D eigenvalue weighted by atomic mass is 10.1. The maximum Gasteiger partial charge on any atom is 0.416 e. The third kappa shape index (κ3) is 5.08. The Labute approximate surface area is 113 Å². The van der Waals surface area contributed by atoms with Gasteiger partial charge in [-0.15, -0.1) is 0 Å². The van der Waals surface area contributed by atoms with Gasteiger partial charge in [-0.1, -0.05) is 11.6 Å².